The number of rotatable bonds is 43. The van der Waals surface area contributed by atoms with E-state index in [1.807, 2.05) is 204 Å². The predicted molar refractivity (Wildman–Crippen MR) is 544 cm³/mol. The quantitative estimate of drug-likeness (QED) is 0.0138. The Kier molecular flexibility index (Phi) is 37.2. The molecule has 1 aliphatic carbocycles. The van der Waals surface area contributed by atoms with Crippen molar-refractivity contribution in [2.45, 2.75) is 262 Å². The van der Waals surface area contributed by atoms with Crippen LogP contribution in [0.15, 0.2) is 200 Å². The topological polar surface area (TPSA) is 367 Å². The van der Waals surface area contributed by atoms with E-state index in [0.717, 1.165) is 49.0 Å². The zero-order valence-corrected chi connectivity index (χ0v) is 85.1. The van der Waals surface area contributed by atoms with Crippen LogP contribution in [-0.2, 0) is 84.4 Å². The first-order valence-corrected chi connectivity index (χ1v) is 50.2. The Balaban J connectivity index is 0.920. The first kappa shape index (κ1) is 108. The Hall–Kier alpha value is -12.7. The molecule has 140 heavy (non-hydrogen) atoms. The molecular formula is C109H137N11O18S2. The highest BCUT2D eigenvalue weighted by atomic mass is 32.2. The molecule has 7 aromatic carbocycles. The van der Waals surface area contributed by atoms with Crippen molar-refractivity contribution in [2.24, 2.45) is 5.92 Å². The lowest BCUT2D eigenvalue weighted by molar-refractivity contribution is -0.149. The van der Waals surface area contributed by atoms with Crippen LogP contribution in [0.4, 0.5) is 19.2 Å². The SMILES string of the molecule is CCCC[C@@H](C(=O)N(C)[C@@H](CCCC)C(=O)C[C@@H](CNC(=O)OC(C)(C)C)C(=O)NC(CSC(c1ccccc1)(c1ccccc1)c1ccccc1)C(=O)CCC(=O)NC)N(C)C(=O)[C@H](Cc1csc2ccccc12)NC(=O)[C@H](CCNC(=O)OC(C)(C)C)NC(=O)[C@H](Cc1cn(C(=O)OC(C)(C)C)c2ccccc12)NC(=O)[C@@H]1C[C@@H](OC(C)(C)C)CN1C(=O)OCC1c2ccccc2-c2ccccc21. The van der Waals surface area contributed by atoms with E-state index >= 15 is 33.6 Å². The Morgan fingerprint density at radius 3 is 1.58 bits per heavy atom. The Labute approximate surface area is 829 Å². The molecule has 10 amide bonds. The molecule has 1 unspecified atom stereocenters. The number of Topliss-reactive ketones (excluding diaryl/α,β-unsaturated/α-hetero) is 2. The molecule has 31 heteroatoms. The smallest absolute Gasteiger partial charge is 0.419 e. The van der Waals surface area contributed by atoms with Gasteiger partial charge in [0.1, 0.15) is 53.6 Å². The number of thioether (sulfide) groups is 1. The summed E-state index contributed by atoms with van der Waals surface area (Å²) in [6.45, 7) is 23.6. The first-order chi connectivity index (χ1) is 66.5. The van der Waals surface area contributed by atoms with E-state index in [1.165, 1.54) is 69.7 Å². The van der Waals surface area contributed by atoms with Crippen molar-refractivity contribution >= 4 is 121 Å². The second-order valence-corrected chi connectivity index (χ2v) is 42.0. The van der Waals surface area contributed by atoms with Gasteiger partial charge in [0.15, 0.2) is 11.6 Å². The Bertz CT molecular complexity index is 5700. The third-order valence-electron chi connectivity index (χ3n) is 24.7. The second kappa shape index (κ2) is 48.4. The van der Waals surface area contributed by atoms with Crippen molar-refractivity contribution in [1.29, 1.82) is 0 Å². The van der Waals surface area contributed by atoms with Crippen molar-refractivity contribution in [3.8, 4) is 11.1 Å². The largest absolute Gasteiger partial charge is 0.448 e. The summed E-state index contributed by atoms with van der Waals surface area (Å²) in [4.78, 5) is 200. The molecular weight excluding hydrogens is 1820 g/mol. The fourth-order valence-corrected chi connectivity index (χ4v) is 20.5. The van der Waals surface area contributed by atoms with E-state index in [-0.39, 0.29) is 82.7 Å². The number of hydrogen-bond acceptors (Lipinski definition) is 20. The molecule has 2 aliphatic rings. The standard InChI is InChI=1S/C109H137N11O18S2/c1-18-20-51-88(92(122)61-69(63-112-102(131)137-107(9,10)11)95(124)116-86(91(121)55-56-94(123)110-15)68-140-109(72-39-25-22-26-40-72,73-41-27-23-28-42-73)74-43-29-24-30-44-74)117(16)100(129)89(52-21-19-2)118(17)99(128)85(60-71-67-139-93-54-38-36-46-77(71)93)115-96(125)83(57-58-111-101(130)136-106(6,7)8)113-97(126)84(59-70-64-119(104(133)138-108(12,13)14)87-53-37-35-45-76(70)87)114-98(127)90-62-75(135-105(3,4)5)65-120(90)103(132)134-66-82-80-49-33-31-47-78(80)79-48-32-34-50-81(79)82/h22-50,53-54,64,67,69,75,82-86,88-90H,18-21,51-52,55-63,65-66,68H2,1-17H3,(H,110,123)(H,111,130)(H,112,131)(H,113,126)(H,114,127)(H,115,125)(H,116,124)/t69-,75+,83-,84-,85-,86?,88-,89-,90-/m0/s1. The van der Waals surface area contributed by atoms with Gasteiger partial charge in [0.2, 0.25) is 41.4 Å². The zero-order valence-electron chi connectivity index (χ0n) is 83.5. The summed E-state index contributed by atoms with van der Waals surface area (Å²) in [6, 6.07) is 49.3. The minimum Gasteiger partial charge on any atom is -0.448 e. The van der Waals surface area contributed by atoms with Crippen LogP contribution in [0.2, 0.25) is 0 Å². The highest BCUT2D eigenvalue weighted by Gasteiger charge is 2.47. The van der Waals surface area contributed by atoms with Crippen molar-refractivity contribution < 1.29 is 86.0 Å². The highest BCUT2D eigenvalue weighted by Crippen LogP contribution is 2.50. The monoisotopic (exact) mass is 1950 g/mol. The number of ether oxygens (including phenoxy) is 5. The van der Waals surface area contributed by atoms with Crippen LogP contribution >= 0.6 is 23.1 Å². The molecule has 1 aliphatic heterocycles. The molecule has 0 bridgehead atoms. The van der Waals surface area contributed by atoms with Gasteiger partial charge in [0, 0.05) is 101 Å². The number of unbranched alkanes of at least 4 members (excludes halogenated alkanes) is 2. The minimum absolute atomic E-state index is 0.0416. The van der Waals surface area contributed by atoms with Gasteiger partial charge >= 0.3 is 24.4 Å². The second-order valence-electron chi connectivity index (χ2n) is 39.9. The molecule has 7 N–H and O–H groups in total. The maximum atomic E-state index is 16.3. The number of carbonyl (C=O) groups excluding carboxylic acids is 13. The molecule has 1 saturated heterocycles. The summed E-state index contributed by atoms with van der Waals surface area (Å²) in [5.74, 6) is -8.23. The number of amides is 10. The van der Waals surface area contributed by atoms with E-state index in [4.69, 9.17) is 23.7 Å². The number of aromatic nitrogens is 1. The maximum absolute atomic E-state index is 16.3. The average molecular weight is 1950 g/mol. The number of thiophene rings is 1. The molecule has 9 aromatic rings. The highest BCUT2D eigenvalue weighted by molar-refractivity contribution is 8.00. The summed E-state index contributed by atoms with van der Waals surface area (Å²) in [5, 5.41) is 22.9. The van der Waals surface area contributed by atoms with Gasteiger partial charge in [-0.15, -0.1) is 23.1 Å². The number of likely N-dealkylation sites (N-methyl/N-ethyl adjacent to an activating group) is 2. The molecule has 748 valence electrons. The van der Waals surface area contributed by atoms with Gasteiger partial charge in [-0.3, -0.25) is 52.6 Å². The third-order valence-corrected chi connectivity index (χ3v) is 27.3. The van der Waals surface area contributed by atoms with E-state index in [2.05, 4.69) is 37.2 Å². The van der Waals surface area contributed by atoms with Gasteiger partial charge in [0.25, 0.3) is 0 Å². The molecule has 3 heterocycles. The number of alkyl carbamates (subject to hydrolysis) is 2. The lowest BCUT2D eigenvalue weighted by Gasteiger charge is -2.37. The van der Waals surface area contributed by atoms with Crippen molar-refractivity contribution in [1.82, 2.24) is 56.5 Å². The molecule has 9 atom stereocenters. The van der Waals surface area contributed by atoms with Crippen molar-refractivity contribution in [2.75, 3.05) is 53.1 Å². The normalized spacial score (nSPS) is 15.3. The summed E-state index contributed by atoms with van der Waals surface area (Å²) >= 11 is 2.80. The molecule has 2 aromatic heterocycles. The van der Waals surface area contributed by atoms with Crippen LogP contribution in [0.5, 0.6) is 0 Å². The van der Waals surface area contributed by atoms with E-state index in [0.29, 0.717) is 47.7 Å². The molecule has 0 saturated carbocycles. The zero-order chi connectivity index (χ0) is 102. The van der Waals surface area contributed by atoms with Gasteiger partial charge in [-0.2, -0.15) is 0 Å². The molecule has 11 rings (SSSR count). The molecule has 0 radical (unpaired) electrons. The lowest BCUT2D eigenvalue weighted by atomic mass is 9.84. The summed E-state index contributed by atoms with van der Waals surface area (Å²) < 4.78 is 31.1. The van der Waals surface area contributed by atoms with Crippen LogP contribution in [0.1, 0.15) is 212 Å². The fourth-order valence-electron chi connectivity index (χ4n) is 18.0. The lowest BCUT2D eigenvalue weighted by Crippen LogP contribution is -2.60. The van der Waals surface area contributed by atoms with Crippen molar-refractivity contribution in [3.63, 3.8) is 0 Å². The van der Waals surface area contributed by atoms with Gasteiger partial charge in [-0.05, 0) is 175 Å². The fraction of sp³-hybridized carbons (Fsp3) is 0.459. The van der Waals surface area contributed by atoms with Crippen molar-refractivity contribution in [3.05, 3.63) is 239 Å². The summed E-state index contributed by atoms with van der Waals surface area (Å²) in [7, 11) is 4.35. The van der Waals surface area contributed by atoms with Gasteiger partial charge < -0.3 is 70.7 Å². The minimum atomic E-state index is -1.68. The Morgan fingerprint density at radius 2 is 1.01 bits per heavy atom. The summed E-state index contributed by atoms with van der Waals surface area (Å²) in [6.07, 6.45) is -2.56. The van der Waals surface area contributed by atoms with Gasteiger partial charge in [-0.25, -0.2) is 19.2 Å². The Morgan fingerprint density at radius 1 is 0.500 bits per heavy atom. The summed E-state index contributed by atoms with van der Waals surface area (Å²) in [5.41, 5.74) is 4.27. The van der Waals surface area contributed by atoms with E-state index in [1.54, 1.807) is 86.6 Å². The number of ketones is 2. The predicted octanol–water partition coefficient (Wildman–Crippen LogP) is 16.4. The number of fused-ring (bicyclic) bond motifs is 5. The maximum Gasteiger partial charge on any atom is 0.419 e. The van der Waals surface area contributed by atoms with Crippen LogP contribution in [0.3, 0.4) is 0 Å². The molecule has 0 spiro atoms. The van der Waals surface area contributed by atoms with Crippen LogP contribution in [0.25, 0.3) is 32.1 Å². The van der Waals surface area contributed by atoms with Gasteiger partial charge in [-0.1, -0.05) is 215 Å². The molecule has 1 fully saturated rings. The van der Waals surface area contributed by atoms with E-state index in [9.17, 15) is 28.8 Å². The number of para-hydroxylation sites is 1. The first-order valence-electron chi connectivity index (χ1n) is 48.3. The third kappa shape index (κ3) is 28.8. The van der Waals surface area contributed by atoms with Crippen LogP contribution in [0, 0.1) is 5.92 Å². The number of carbonyl (C=O) groups is 13. The molecule has 29 nitrogen and oxygen atoms in total. The average Bonchev–Trinajstić information content (AvgIpc) is 0.834. The van der Waals surface area contributed by atoms with Crippen LogP contribution in [-0.4, -0.2) is 220 Å². The van der Waals surface area contributed by atoms with E-state index < -0.39 is 172 Å². The number of hydrogen-bond donors (Lipinski definition) is 7. The number of nitrogens with one attached hydrogen (secondary N) is 7. The number of benzene rings is 7. The number of nitrogens with zero attached hydrogens (tertiary/aromatic N) is 4. The van der Waals surface area contributed by atoms with Gasteiger partial charge in [0.05, 0.1) is 46.5 Å². The van der Waals surface area contributed by atoms with Crippen LogP contribution < -0.4 is 37.2 Å². The number of likely N-dealkylation sites (tertiary alicyclic amines) is 1.